The molecule has 0 aromatic heterocycles. The third-order valence-electron chi connectivity index (χ3n) is 2.85. The minimum Gasteiger partial charge on any atom is -0.497 e. The maximum absolute atomic E-state index is 13.9. The van der Waals surface area contributed by atoms with E-state index in [1.807, 2.05) is 19.1 Å². The Kier molecular flexibility index (Phi) is 5.00. The summed E-state index contributed by atoms with van der Waals surface area (Å²) >= 11 is 6.76. The van der Waals surface area contributed by atoms with Crippen LogP contribution in [0.3, 0.4) is 0 Å². The SMILES string of the molecule is COc1ccc(C(=O)Nc2c(Br)cc(C)cc2Br)c(F)c1. The highest BCUT2D eigenvalue weighted by Crippen LogP contribution is 2.32. The molecule has 2 aromatic carbocycles. The van der Waals surface area contributed by atoms with Gasteiger partial charge in [-0.25, -0.2) is 4.39 Å². The van der Waals surface area contributed by atoms with Crippen molar-refractivity contribution in [3.63, 3.8) is 0 Å². The van der Waals surface area contributed by atoms with Crippen LogP contribution in [0.4, 0.5) is 10.1 Å². The third-order valence-corrected chi connectivity index (χ3v) is 4.10. The average molecular weight is 417 g/mol. The molecule has 0 aliphatic carbocycles. The summed E-state index contributed by atoms with van der Waals surface area (Å²) in [5.74, 6) is -0.798. The van der Waals surface area contributed by atoms with Gasteiger partial charge in [0.1, 0.15) is 11.6 Å². The molecule has 0 fully saturated rings. The number of halogens is 3. The second-order valence-corrected chi connectivity index (χ2v) is 6.11. The van der Waals surface area contributed by atoms with E-state index in [4.69, 9.17) is 4.74 Å². The van der Waals surface area contributed by atoms with Gasteiger partial charge in [0.2, 0.25) is 0 Å². The number of nitrogens with one attached hydrogen (secondary N) is 1. The quantitative estimate of drug-likeness (QED) is 0.771. The van der Waals surface area contributed by atoms with Gasteiger partial charge in [-0.15, -0.1) is 0 Å². The number of hydrogen-bond donors (Lipinski definition) is 1. The molecule has 0 saturated heterocycles. The summed E-state index contributed by atoms with van der Waals surface area (Å²) in [5.41, 5.74) is 1.54. The summed E-state index contributed by atoms with van der Waals surface area (Å²) in [7, 11) is 1.44. The fourth-order valence-corrected chi connectivity index (χ4v) is 3.42. The molecule has 0 aliphatic heterocycles. The first kappa shape index (κ1) is 16.0. The van der Waals surface area contributed by atoms with Crippen molar-refractivity contribution in [3.8, 4) is 5.75 Å². The predicted octanol–water partition coefficient (Wildman–Crippen LogP) is 4.92. The average Bonchev–Trinajstić information content (AvgIpc) is 2.42. The first-order valence-electron chi connectivity index (χ1n) is 6.03. The van der Waals surface area contributed by atoms with Crippen molar-refractivity contribution in [2.75, 3.05) is 12.4 Å². The van der Waals surface area contributed by atoms with E-state index in [1.54, 1.807) is 0 Å². The monoisotopic (exact) mass is 415 g/mol. The molecule has 21 heavy (non-hydrogen) atoms. The zero-order valence-corrected chi connectivity index (χ0v) is 14.5. The predicted molar refractivity (Wildman–Crippen MR) is 87.5 cm³/mol. The second-order valence-electron chi connectivity index (χ2n) is 4.40. The van der Waals surface area contributed by atoms with Crippen molar-refractivity contribution in [2.24, 2.45) is 0 Å². The highest BCUT2D eigenvalue weighted by Gasteiger charge is 2.15. The van der Waals surface area contributed by atoms with Gasteiger partial charge in [0.15, 0.2) is 0 Å². The summed E-state index contributed by atoms with van der Waals surface area (Å²) in [6.07, 6.45) is 0. The molecule has 6 heteroatoms. The van der Waals surface area contributed by atoms with Crippen LogP contribution in [0, 0.1) is 12.7 Å². The molecule has 2 aromatic rings. The van der Waals surface area contributed by atoms with Gasteiger partial charge in [-0.2, -0.15) is 0 Å². The van der Waals surface area contributed by atoms with E-state index >= 15 is 0 Å². The molecule has 0 heterocycles. The fraction of sp³-hybridized carbons (Fsp3) is 0.133. The largest absolute Gasteiger partial charge is 0.497 e. The molecule has 1 amide bonds. The second kappa shape index (κ2) is 6.58. The van der Waals surface area contributed by atoms with Crippen molar-refractivity contribution >= 4 is 43.5 Å². The van der Waals surface area contributed by atoms with E-state index in [0.29, 0.717) is 11.4 Å². The number of benzene rings is 2. The van der Waals surface area contributed by atoms with Gasteiger partial charge in [0, 0.05) is 15.0 Å². The van der Waals surface area contributed by atoms with Gasteiger partial charge in [-0.3, -0.25) is 4.79 Å². The Morgan fingerprint density at radius 1 is 1.19 bits per heavy atom. The lowest BCUT2D eigenvalue weighted by atomic mass is 10.1. The third kappa shape index (κ3) is 3.63. The normalized spacial score (nSPS) is 10.3. The summed E-state index contributed by atoms with van der Waals surface area (Å²) < 4.78 is 20.2. The van der Waals surface area contributed by atoms with Crippen LogP contribution in [0.2, 0.25) is 0 Å². The van der Waals surface area contributed by atoms with E-state index < -0.39 is 11.7 Å². The first-order chi connectivity index (χ1) is 9.92. The topological polar surface area (TPSA) is 38.3 Å². The van der Waals surface area contributed by atoms with E-state index in [-0.39, 0.29) is 5.56 Å². The molecule has 0 unspecified atom stereocenters. The lowest BCUT2D eigenvalue weighted by Crippen LogP contribution is -2.14. The number of methoxy groups -OCH3 is 1. The van der Waals surface area contributed by atoms with Crippen LogP contribution in [-0.2, 0) is 0 Å². The standard InChI is InChI=1S/C15H12Br2FNO2/c1-8-5-11(16)14(12(17)6-8)19-15(20)10-4-3-9(21-2)7-13(10)18/h3-7H,1-2H3,(H,19,20). The molecule has 0 aliphatic rings. The summed E-state index contributed by atoms with van der Waals surface area (Å²) in [4.78, 5) is 12.2. The van der Waals surface area contributed by atoms with Crippen LogP contribution in [0.5, 0.6) is 5.75 Å². The molecule has 1 N–H and O–H groups in total. The lowest BCUT2D eigenvalue weighted by molar-refractivity contribution is 0.102. The zero-order chi connectivity index (χ0) is 15.6. The van der Waals surface area contributed by atoms with Gasteiger partial charge < -0.3 is 10.1 Å². The summed E-state index contributed by atoms with van der Waals surface area (Å²) in [6, 6.07) is 7.83. The molecule has 0 bridgehead atoms. The smallest absolute Gasteiger partial charge is 0.258 e. The Labute approximate surface area is 138 Å². The number of ether oxygens (including phenoxy) is 1. The Hall–Kier alpha value is -1.40. The summed E-state index contributed by atoms with van der Waals surface area (Å²) in [6.45, 7) is 1.93. The van der Waals surface area contributed by atoms with Gasteiger partial charge >= 0.3 is 0 Å². The lowest BCUT2D eigenvalue weighted by Gasteiger charge is -2.11. The molecular formula is C15H12Br2FNO2. The van der Waals surface area contributed by atoms with Crippen molar-refractivity contribution in [1.29, 1.82) is 0 Å². The molecular weight excluding hydrogens is 405 g/mol. The molecule has 2 rings (SSSR count). The molecule has 0 saturated carbocycles. The Bertz CT molecular complexity index is 681. The van der Waals surface area contributed by atoms with Crippen molar-refractivity contribution in [2.45, 2.75) is 6.92 Å². The van der Waals surface area contributed by atoms with Gasteiger partial charge in [-0.1, -0.05) is 0 Å². The Balaban J connectivity index is 2.30. The van der Waals surface area contributed by atoms with E-state index in [1.165, 1.54) is 25.3 Å². The van der Waals surface area contributed by atoms with E-state index in [2.05, 4.69) is 37.2 Å². The molecule has 0 radical (unpaired) electrons. The van der Waals surface area contributed by atoms with E-state index in [0.717, 1.165) is 14.5 Å². The highest BCUT2D eigenvalue weighted by atomic mass is 79.9. The molecule has 110 valence electrons. The maximum atomic E-state index is 13.9. The van der Waals surface area contributed by atoms with Crippen molar-refractivity contribution < 1.29 is 13.9 Å². The number of amides is 1. The summed E-state index contributed by atoms with van der Waals surface area (Å²) in [5, 5.41) is 2.69. The zero-order valence-electron chi connectivity index (χ0n) is 11.3. The van der Waals surface area contributed by atoms with Gasteiger partial charge in [0.05, 0.1) is 18.4 Å². The van der Waals surface area contributed by atoms with Crippen molar-refractivity contribution in [3.05, 3.63) is 56.2 Å². The number of aryl methyl sites for hydroxylation is 1. The fourth-order valence-electron chi connectivity index (χ4n) is 1.81. The minimum absolute atomic E-state index is 0.0461. The number of hydrogen-bond acceptors (Lipinski definition) is 2. The van der Waals surface area contributed by atoms with Gasteiger partial charge in [0.25, 0.3) is 5.91 Å². The number of rotatable bonds is 3. The molecule has 0 spiro atoms. The number of anilines is 1. The molecule has 0 atom stereocenters. The van der Waals surface area contributed by atoms with Crippen LogP contribution in [0.1, 0.15) is 15.9 Å². The van der Waals surface area contributed by atoms with Crippen LogP contribution in [-0.4, -0.2) is 13.0 Å². The number of carbonyl (C=O) groups excluding carboxylic acids is 1. The number of carbonyl (C=O) groups is 1. The Morgan fingerprint density at radius 3 is 2.33 bits per heavy atom. The molecule has 3 nitrogen and oxygen atoms in total. The maximum Gasteiger partial charge on any atom is 0.258 e. The Morgan fingerprint density at radius 2 is 1.81 bits per heavy atom. The van der Waals surface area contributed by atoms with Crippen LogP contribution >= 0.6 is 31.9 Å². The minimum atomic E-state index is -0.633. The van der Waals surface area contributed by atoms with Crippen LogP contribution in [0.25, 0.3) is 0 Å². The highest BCUT2D eigenvalue weighted by molar-refractivity contribution is 9.11. The van der Waals surface area contributed by atoms with Crippen LogP contribution in [0.15, 0.2) is 39.3 Å². The van der Waals surface area contributed by atoms with Crippen LogP contribution < -0.4 is 10.1 Å². The van der Waals surface area contributed by atoms with E-state index in [9.17, 15) is 9.18 Å². The van der Waals surface area contributed by atoms with Crippen molar-refractivity contribution in [1.82, 2.24) is 0 Å². The first-order valence-corrected chi connectivity index (χ1v) is 7.61. The van der Waals surface area contributed by atoms with Gasteiger partial charge in [-0.05, 0) is 68.6 Å².